The number of aryl methyl sites for hydroxylation is 1. The molecule has 0 unspecified atom stereocenters. The van der Waals surface area contributed by atoms with Crippen molar-refractivity contribution in [3.05, 3.63) is 52.6 Å². The fourth-order valence-corrected chi connectivity index (χ4v) is 4.26. The molecule has 2 aromatic carbocycles. The molecule has 1 heterocycles. The van der Waals surface area contributed by atoms with Gasteiger partial charge in [0.2, 0.25) is 0 Å². The topological polar surface area (TPSA) is 85.1 Å². The van der Waals surface area contributed by atoms with E-state index in [2.05, 4.69) is 9.80 Å². The zero-order chi connectivity index (χ0) is 24.0. The van der Waals surface area contributed by atoms with Gasteiger partial charge in [-0.1, -0.05) is 12.1 Å². The minimum Gasteiger partial charge on any atom is -0.493 e. The molecule has 0 radical (unpaired) electrons. The van der Waals surface area contributed by atoms with Crippen molar-refractivity contribution in [2.24, 2.45) is 5.73 Å². The maximum absolute atomic E-state index is 11.7. The van der Waals surface area contributed by atoms with Crippen LogP contribution in [-0.4, -0.2) is 56.1 Å². The van der Waals surface area contributed by atoms with Gasteiger partial charge in [-0.15, -0.1) is 0 Å². The number of ether oxygens (including phenoxy) is 2. The van der Waals surface area contributed by atoms with Gasteiger partial charge in [0.25, 0.3) is 5.91 Å². The Kier molecular flexibility index (Phi) is 8.33. The van der Waals surface area contributed by atoms with Crippen molar-refractivity contribution < 1.29 is 19.1 Å². The highest BCUT2D eigenvalue weighted by atomic mass is 16.5. The van der Waals surface area contributed by atoms with Crippen LogP contribution in [0.1, 0.15) is 46.8 Å². The first-order valence-electron chi connectivity index (χ1n) is 11.6. The standard InChI is InChI=1S/C26H35N3O4/c1-18-17-24(19(2)20(3)25(18)33-21(4)30)32-16-8-7-11-28-12-14-29(15-13-28)23-10-6-5-9-22(23)26(27)31/h5-6,9-10,17H,7-8,11-16H2,1-4H3,(H2,27,31). The summed E-state index contributed by atoms with van der Waals surface area (Å²) in [5, 5.41) is 0. The maximum Gasteiger partial charge on any atom is 0.308 e. The molecule has 33 heavy (non-hydrogen) atoms. The third kappa shape index (κ3) is 6.26. The van der Waals surface area contributed by atoms with E-state index in [1.807, 2.05) is 45.0 Å². The molecular weight excluding hydrogens is 418 g/mol. The molecule has 0 spiro atoms. The van der Waals surface area contributed by atoms with Gasteiger partial charge in [-0.2, -0.15) is 0 Å². The number of carbonyl (C=O) groups is 2. The first-order chi connectivity index (χ1) is 15.8. The molecule has 1 saturated heterocycles. The van der Waals surface area contributed by atoms with Gasteiger partial charge in [0.15, 0.2) is 0 Å². The van der Waals surface area contributed by atoms with E-state index in [1.54, 1.807) is 6.07 Å². The second kappa shape index (κ2) is 11.2. The van der Waals surface area contributed by atoms with E-state index in [0.717, 1.165) is 73.7 Å². The smallest absolute Gasteiger partial charge is 0.308 e. The number of carbonyl (C=O) groups excluding carboxylic acids is 2. The van der Waals surface area contributed by atoms with Crippen LogP contribution in [-0.2, 0) is 4.79 Å². The first kappa shape index (κ1) is 24.6. The average molecular weight is 454 g/mol. The molecule has 7 heteroatoms. The minimum atomic E-state index is -0.380. The minimum absolute atomic E-state index is 0.313. The van der Waals surface area contributed by atoms with Crippen LogP contribution in [0, 0.1) is 20.8 Å². The quantitative estimate of drug-likeness (QED) is 0.355. The van der Waals surface area contributed by atoms with Gasteiger partial charge in [-0.25, -0.2) is 0 Å². The number of anilines is 1. The van der Waals surface area contributed by atoms with Gasteiger partial charge in [0.1, 0.15) is 11.5 Å². The van der Waals surface area contributed by atoms with E-state index in [1.165, 1.54) is 6.92 Å². The van der Waals surface area contributed by atoms with Crippen LogP contribution in [0.2, 0.25) is 0 Å². The lowest BCUT2D eigenvalue weighted by molar-refractivity contribution is -0.131. The summed E-state index contributed by atoms with van der Waals surface area (Å²) in [4.78, 5) is 27.7. The highest BCUT2D eigenvalue weighted by Crippen LogP contribution is 2.33. The fraction of sp³-hybridized carbons (Fsp3) is 0.462. The summed E-state index contributed by atoms with van der Waals surface area (Å²) < 4.78 is 11.4. The summed E-state index contributed by atoms with van der Waals surface area (Å²) in [6.07, 6.45) is 2.02. The number of nitrogens with two attached hydrogens (primary N) is 1. The van der Waals surface area contributed by atoms with Crippen molar-refractivity contribution in [1.29, 1.82) is 0 Å². The lowest BCUT2D eigenvalue weighted by atomic mass is 10.0. The lowest BCUT2D eigenvalue weighted by Crippen LogP contribution is -2.47. The van der Waals surface area contributed by atoms with Crippen LogP contribution < -0.4 is 20.1 Å². The van der Waals surface area contributed by atoms with Gasteiger partial charge in [0.05, 0.1) is 12.2 Å². The normalized spacial score (nSPS) is 14.2. The molecule has 1 amide bonds. The summed E-state index contributed by atoms with van der Waals surface area (Å²) >= 11 is 0. The first-order valence-corrected chi connectivity index (χ1v) is 11.6. The largest absolute Gasteiger partial charge is 0.493 e. The molecule has 178 valence electrons. The van der Waals surface area contributed by atoms with Crippen molar-refractivity contribution in [2.45, 2.75) is 40.5 Å². The average Bonchev–Trinajstić information content (AvgIpc) is 2.80. The molecule has 0 aliphatic carbocycles. The molecule has 1 aliphatic heterocycles. The predicted molar refractivity (Wildman–Crippen MR) is 130 cm³/mol. The summed E-state index contributed by atoms with van der Waals surface area (Å²) in [6, 6.07) is 9.50. The van der Waals surface area contributed by atoms with E-state index in [9.17, 15) is 9.59 Å². The van der Waals surface area contributed by atoms with Crippen LogP contribution in [0.25, 0.3) is 0 Å². The molecule has 2 aromatic rings. The predicted octanol–water partition coefficient (Wildman–Crippen LogP) is 3.62. The zero-order valence-corrected chi connectivity index (χ0v) is 20.1. The number of amides is 1. The molecule has 3 rings (SSSR count). The molecule has 0 atom stereocenters. The van der Waals surface area contributed by atoms with Crippen molar-refractivity contribution >= 4 is 17.6 Å². The number of hydrogen-bond acceptors (Lipinski definition) is 6. The van der Waals surface area contributed by atoms with Crippen molar-refractivity contribution in [3.8, 4) is 11.5 Å². The molecule has 0 aromatic heterocycles. The Bertz CT molecular complexity index is 997. The highest BCUT2D eigenvalue weighted by molar-refractivity contribution is 5.98. The number of rotatable bonds is 9. The Balaban J connectivity index is 1.42. The van der Waals surface area contributed by atoms with E-state index in [4.69, 9.17) is 15.2 Å². The number of benzene rings is 2. The number of piperazine rings is 1. The Morgan fingerprint density at radius 1 is 1.00 bits per heavy atom. The summed E-state index contributed by atoms with van der Waals surface area (Å²) in [7, 11) is 0. The monoisotopic (exact) mass is 453 g/mol. The van der Waals surface area contributed by atoms with Crippen LogP contribution in [0.3, 0.4) is 0 Å². The summed E-state index contributed by atoms with van der Waals surface area (Å²) in [5.74, 6) is 0.787. The summed E-state index contributed by atoms with van der Waals surface area (Å²) in [5.41, 5.74) is 9.89. The number of unbranched alkanes of at least 4 members (excludes halogenated alkanes) is 1. The van der Waals surface area contributed by atoms with Crippen LogP contribution in [0.5, 0.6) is 11.5 Å². The third-order valence-corrected chi connectivity index (χ3v) is 6.23. The van der Waals surface area contributed by atoms with E-state index in [0.29, 0.717) is 17.9 Å². The van der Waals surface area contributed by atoms with Gasteiger partial charge in [-0.3, -0.25) is 14.5 Å². The number of esters is 1. The molecule has 0 bridgehead atoms. The van der Waals surface area contributed by atoms with Crippen LogP contribution >= 0.6 is 0 Å². The molecule has 1 aliphatic rings. The van der Waals surface area contributed by atoms with Crippen LogP contribution in [0.15, 0.2) is 30.3 Å². The molecular formula is C26H35N3O4. The lowest BCUT2D eigenvalue weighted by Gasteiger charge is -2.36. The SMILES string of the molecule is CC(=O)Oc1c(C)cc(OCCCCN2CCN(c3ccccc3C(N)=O)CC2)c(C)c1C. The maximum atomic E-state index is 11.7. The van der Waals surface area contributed by atoms with E-state index >= 15 is 0 Å². The molecule has 2 N–H and O–H groups in total. The number of nitrogens with zero attached hydrogens (tertiary/aromatic N) is 2. The second-order valence-corrected chi connectivity index (χ2v) is 8.63. The fourth-order valence-electron chi connectivity index (χ4n) is 4.26. The van der Waals surface area contributed by atoms with Gasteiger partial charge < -0.3 is 20.1 Å². The summed E-state index contributed by atoms with van der Waals surface area (Å²) in [6.45, 7) is 12.7. The third-order valence-electron chi connectivity index (χ3n) is 6.23. The van der Waals surface area contributed by atoms with E-state index in [-0.39, 0.29) is 11.9 Å². The van der Waals surface area contributed by atoms with Crippen molar-refractivity contribution in [1.82, 2.24) is 4.90 Å². The Labute approximate surface area is 196 Å². The molecule has 7 nitrogen and oxygen atoms in total. The highest BCUT2D eigenvalue weighted by Gasteiger charge is 2.20. The Morgan fingerprint density at radius 3 is 2.36 bits per heavy atom. The van der Waals surface area contributed by atoms with Gasteiger partial charge in [0, 0.05) is 38.8 Å². The Morgan fingerprint density at radius 2 is 1.70 bits per heavy atom. The van der Waals surface area contributed by atoms with Gasteiger partial charge in [-0.05, 0) is 75.0 Å². The van der Waals surface area contributed by atoms with Gasteiger partial charge >= 0.3 is 5.97 Å². The van der Waals surface area contributed by atoms with Crippen molar-refractivity contribution in [3.63, 3.8) is 0 Å². The van der Waals surface area contributed by atoms with E-state index < -0.39 is 0 Å². The number of para-hydroxylation sites is 1. The zero-order valence-electron chi connectivity index (χ0n) is 20.1. The molecule has 1 fully saturated rings. The Hall–Kier alpha value is -3.06. The number of primary amides is 1. The second-order valence-electron chi connectivity index (χ2n) is 8.63. The molecule has 0 saturated carbocycles. The number of hydrogen-bond donors (Lipinski definition) is 1. The van der Waals surface area contributed by atoms with Crippen LogP contribution in [0.4, 0.5) is 5.69 Å². The van der Waals surface area contributed by atoms with Crippen molar-refractivity contribution in [2.75, 3.05) is 44.2 Å².